The van der Waals surface area contributed by atoms with Gasteiger partial charge < -0.3 is 5.32 Å². The number of hydrazine groups is 1. The highest BCUT2D eigenvalue weighted by Crippen LogP contribution is 2.19. The lowest BCUT2D eigenvalue weighted by molar-refractivity contribution is -0.122. The highest BCUT2D eigenvalue weighted by atomic mass is 35.5. The third kappa shape index (κ3) is 5.89. The van der Waals surface area contributed by atoms with Gasteiger partial charge in [-0.25, -0.2) is 0 Å². The molecule has 0 saturated heterocycles. The van der Waals surface area contributed by atoms with E-state index < -0.39 is 0 Å². The molecule has 19 heavy (non-hydrogen) atoms. The number of thiocarbonyl (C=S) groups is 1. The molecule has 1 rings (SSSR count). The molecule has 0 unspecified atom stereocenters. The van der Waals surface area contributed by atoms with Crippen molar-refractivity contribution < 1.29 is 4.79 Å². The monoisotopic (exact) mass is 299 g/mol. The zero-order chi connectivity index (χ0) is 14.4. The van der Waals surface area contributed by atoms with E-state index in [0.717, 1.165) is 11.3 Å². The summed E-state index contributed by atoms with van der Waals surface area (Å²) in [6.07, 6.45) is 0.450. The van der Waals surface area contributed by atoms with Gasteiger partial charge in [0, 0.05) is 17.1 Å². The summed E-state index contributed by atoms with van der Waals surface area (Å²) in [5, 5.41) is 3.92. The number of rotatable bonds is 3. The van der Waals surface area contributed by atoms with Crippen molar-refractivity contribution in [3.8, 4) is 0 Å². The number of nitrogens with one attached hydrogen (secondary N) is 3. The van der Waals surface area contributed by atoms with E-state index in [1.807, 2.05) is 32.9 Å². The molecule has 104 valence electrons. The number of anilines is 1. The second-order valence-corrected chi connectivity index (χ2v) is 5.50. The fourth-order valence-corrected chi connectivity index (χ4v) is 1.73. The van der Waals surface area contributed by atoms with Gasteiger partial charge in [-0.15, -0.1) is 0 Å². The van der Waals surface area contributed by atoms with Crippen molar-refractivity contribution in [1.82, 2.24) is 10.9 Å². The van der Waals surface area contributed by atoms with Crippen molar-refractivity contribution in [2.24, 2.45) is 5.92 Å². The quantitative estimate of drug-likeness (QED) is 0.593. The van der Waals surface area contributed by atoms with E-state index in [0.29, 0.717) is 22.5 Å². The first-order valence-corrected chi connectivity index (χ1v) is 6.79. The standard InChI is InChI=1S/C13H18ClN3OS/c1-8(2)6-12(18)16-17-13(19)15-10-5-4-9(3)11(14)7-10/h4-5,7-8H,6H2,1-3H3,(H,16,18)(H2,15,17,19). The number of halogens is 1. The van der Waals surface area contributed by atoms with Gasteiger partial charge in [-0.2, -0.15) is 0 Å². The Bertz CT molecular complexity index is 477. The fraction of sp³-hybridized carbons (Fsp3) is 0.385. The summed E-state index contributed by atoms with van der Waals surface area (Å²) in [6, 6.07) is 5.54. The van der Waals surface area contributed by atoms with Gasteiger partial charge in [0.2, 0.25) is 5.91 Å². The van der Waals surface area contributed by atoms with Gasteiger partial charge in [0.15, 0.2) is 5.11 Å². The first-order valence-electron chi connectivity index (χ1n) is 6.00. The number of hydrogen-bond donors (Lipinski definition) is 3. The van der Waals surface area contributed by atoms with Crippen LogP contribution in [0.25, 0.3) is 0 Å². The number of amides is 1. The molecule has 4 nitrogen and oxygen atoms in total. The van der Waals surface area contributed by atoms with Crippen LogP contribution in [0.15, 0.2) is 18.2 Å². The Morgan fingerprint density at radius 2 is 2.05 bits per heavy atom. The third-order valence-corrected chi connectivity index (χ3v) is 2.95. The number of aryl methyl sites for hydroxylation is 1. The van der Waals surface area contributed by atoms with Crippen LogP contribution >= 0.6 is 23.8 Å². The molecule has 6 heteroatoms. The molecule has 0 atom stereocenters. The molecule has 0 aliphatic carbocycles. The van der Waals surface area contributed by atoms with Crippen molar-refractivity contribution in [2.75, 3.05) is 5.32 Å². The molecule has 0 spiro atoms. The number of hydrogen-bond acceptors (Lipinski definition) is 2. The Morgan fingerprint density at radius 1 is 1.37 bits per heavy atom. The van der Waals surface area contributed by atoms with Crippen molar-refractivity contribution in [1.29, 1.82) is 0 Å². The van der Waals surface area contributed by atoms with Crippen LogP contribution in [0.4, 0.5) is 5.69 Å². The van der Waals surface area contributed by atoms with Crippen LogP contribution in [-0.2, 0) is 4.79 Å². The normalized spacial score (nSPS) is 10.2. The highest BCUT2D eigenvalue weighted by molar-refractivity contribution is 7.80. The van der Waals surface area contributed by atoms with E-state index in [-0.39, 0.29) is 5.91 Å². The molecule has 0 radical (unpaired) electrons. The summed E-state index contributed by atoms with van der Waals surface area (Å²) in [7, 11) is 0. The predicted molar refractivity (Wildman–Crippen MR) is 83.1 cm³/mol. The maximum atomic E-state index is 11.4. The average Bonchev–Trinajstić information content (AvgIpc) is 2.30. The summed E-state index contributed by atoms with van der Waals surface area (Å²) in [5.41, 5.74) is 6.95. The van der Waals surface area contributed by atoms with Crippen molar-refractivity contribution in [2.45, 2.75) is 27.2 Å². The Balaban J connectivity index is 2.43. The fourth-order valence-electron chi connectivity index (χ4n) is 1.38. The maximum absolute atomic E-state index is 11.4. The second-order valence-electron chi connectivity index (χ2n) is 4.69. The van der Waals surface area contributed by atoms with Gasteiger partial charge in [-0.3, -0.25) is 15.6 Å². The molecule has 1 aromatic carbocycles. The Kier molecular flexibility index (Phi) is 6.05. The Morgan fingerprint density at radius 3 is 2.63 bits per heavy atom. The first-order chi connectivity index (χ1) is 8.88. The minimum Gasteiger partial charge on any atom is -0.331 e. The van der Waals surface area contributed by atoms with E-state index in [1.165, 1.54) is 0 Å². The number of carbonyl (C=O) groups is 1. The topological polar surface area (TPSA) is 53.2 Å². The van der Waals surface area contributed by atoms with Gasteiger partial charge in [0.25, 0.3) is 0 Å². The molecule has 3 N–H and O–H groups in total. The van der Waals surface area contributed by atoms with E-state index in [1.54, 1.807) is 6.07 Å². The molecule has 0 aliphatic heterocycles. The number of benzene rings is 1. The van der Waals surface area contributed by atoms with Gasteiger partial charge in [0.1, 0.15) is 0 Å². The minimum absolute atomic E-state index is 0.0962. The van der Waals surface area contributed by atoms with Gasteiger partial charge in [-0.05, 0) is 42.8 Å². The molecule has 0 fully saturated rings. The predicted octanol–water partition coefficient (Wildman–Crippen LogP) is 3.01. The number of carbonyl (C=O) groups excluding carboxylic acids is 1. The van der Waals surface area contributed by atoms with Crippen molar-refractivity contribution >= 4 is 40.5 Å². The summed E-state index contributed by atoms with van der Waals surface area (Å²) >= 11 is 11.1. The highest BCUT2D eigenvalue weighted by Gasteiger charge is 2.05. The lowest BCUT2D eigenvalue weighted by Crippen LogP contribution is -2.44. The van der Waals surface area contributed by atoms with Crippen LogP contribution in [0, 0.1) is 12.8 Å². The zero-order valence-corrected chi connectivity index (χ0v) is 12.8. The summed E-state index contributed by atoms with van der Waals surface area (Å²) in [4.78, 5) is 11.4. The van der Waals surface area contributed by atoms with Crippen LogP contribution in [0.3, 0.4) is 0 Å². The van der Waals surface area contributed by atoms with E-state index in [9.17, 15) is 4.79 Å². The molecule has 0 aliphatic rings. The summed E-state index contributed by atoms with van der Waals surface area (Å²) in [6.45, 7) is 5.88. The lowest BCUT2D eigenvalue weighted by atomic mass is 10.1. The van der Waals surface area contributed by atoms with Gasteiger partial charge in [-0.1, -0.05) is 31.5 Å². The lowest BCUT2D eigenvalue weighted by Gasteiger charge is -2.13. The molecule has 1 amide bonds. The summed E-state index contributed by atoms with van der Waals surface area (Å²) in [5.74, 6) is 0.209. The Labute approximate surface area is 123 Å². The first kappa shape index (κ1) is 15.7. The van der Waals surface area contributed by atoms with Crippen molar-refractivity contribution in [3.05, 3.63) is 28.8 Å². The van der Waals surface area contributed by atoms with E-state index in [2.05, 4.69) is 16.2 Å². The smallest absolute Gasteiger partial charge is 0.238 e. The molecule has 0 saturated carbocycles. The van der Waals surface area contributed by atoms with Gasteiger partial charge >= 0.3 is 0 Å². The van der Waals surface area contributed by atoms with Crippen LogP contribution in [0.5, 0.6) is 0 Å². The molecular weight excluding hydrogens is 282 g/mol. The maximum Gasteiger partial charge on any atom is 0.238 e. The van der Waals surface area contributed by atoms with Crippen LogP contribution < -0.4 is 16.2 Å². The Hall–Kier alpha value is -1.33. The molecule has 0 aromatic heterocycles. The average molecular weight is 300 g/mol. The van der Waals surface area contributed by atoms with E-state index in [4.69, 9.17) is 23.8 Å². The van der Waals surface area contributed by atoms with Crippen LogP contribution in [0.2, 0.25) is 5.02 Å². The van der Waals surface area contributed by atoms with E-state index >= 15 is 0 Å². The zero-order valence-electron chi connectivity index (χ0n) is 11.2. The molecule has 0 heterocycles. The molecule has 0 bridgehead atoms. The third-order valence-electron chi connectivity index (χ3n) is 2.34. The minimum atomic E-state index is -0.0962. The van der Waals surface area contributed by atoms with Crippen molar-refractivity contribution in [3.63, 3.8) is 0 Å². The SMILES string of the molecule is Cc1ccc(NC(=S)NNC(=O)CC(C)C)cc1Cl. The largest absolute Gasteiger partial charge is 0.331 e. The van der Waals surface area contributed by atoms with Gasteiger partial charge in [0.05, 0.1) is 0 Å². The molecular formula is C13H18ClN3OS. The molecule has 1 aromatic rings. The second kappa shape index (κ2) is 7.31. The summed E-state index contributed by atoms with van der Waals surface area (Å²) < 4.78 is 0. The van der Waals surface area contributed by atoms with Crippen LogP contribution in [0.1, 0.15) is 25.8 Å². The van der Waals surface area contributed by atoms with Crippen LogP contribution in [-0.4, -0.2) is 11.0 Å².